The molecule has 0 aliphatic carbocycles. The van der Waals surface area contributed by atoms with E-state index in [9.17, 15) is 14.0 Å². The van der Waals surface area contributed by atoms with Gasteiger partial charge in [0.25, 0.3) is 5.91 Å². The molecule has 0 aliphatic rings. The van der Waals surface area contributed by atoms with Crippen molar-refractivity contribution < 1.29 is 23.5 Å². The van der Waals surface area contributed by atoms with E-state index in [0.717, 1.165) is 0 Å². The van der Waals surface area contributed by atoms with Gasteiger partial charge in [0, 0.05) is 26.3 Å². The molecule has 7 heteroatoms. The van der Waals surface area contributed by atoms with Crippen LogP contribution in [-0.2, 0) is 14.3 Å². The van der Waals surface area contributed by atoms with E-state index in [4.69, 9.17) is 16.3 Å². The first-order valence-electron chi connectivity index (χ1n) is 7.39. The molecule has 0 aliphatic heterocycles. The van der Waals surface area contributed by atoms with E-state index in [1.807, 2.05) is 6.92 Å². The molecule has 0 radical (unpaired) electrons. The maximum Gasteiger partial charge on any atom is 0.307 e. The second-order valence-corrected chi connectivity index (χ2v) is 5.17. The Labute approximate surface area is 140 Å². The molecule has 1 amide bonds. The van der Waals surface area contributed by atoms with Crippen LogP contribution in [-0.4, -0.2) is 50.2 Å². The summed E-state index contributed by atoms with van der Waals surface area (Å²) < 4.78 is 23.7. The fraction of sp³-hybridized carbons (Fsp3) is 0.500. The fourth-order valence-electron chi connectivity index (χ4n) is 2.01. The van der Waals surface area contributed by atoms with Gasteiger partial charge in [0.15, 0.2) is 0 Å². The normalized spacial score (nSPS) is 10.4. The third-order valence-electron chi connectivity index (χ3n) is 3.20. The zero-order chi connectivity index (χ0) is 17.2. The summed E-state index contributed by atoms with van der Waals surface area (Å²) in [5.41, 5.74) is -0.185. The smallest absolute Gasteiger partial charge is 0.307 e. The second-order valence-electron chi connectivity index (χ2n) is 4.77. The minimum atomic E-state index is -0.685. The van der Waals surface area contributed by atoms with Crippen molar-refractivity contribution in [1.29, 1.82) is 0 Å². The number of carbonyl (C=O) groups excluding carboxylic acids is 2. The first kappa shape index (κ1) is 19.4. The predicted octanol–water partition coefficient (Wildman–Crippen LogP) is 2.91. The average molecular weight is 346 g/mol. The number of amides is 1. The summed E-state index contributed by atoms with van der Waals surface area (Å²) in [6.07, 6.45) is 0.607. The molecule has 1 rings (SSSR count). The van der Waals surface area contributed by atoms with Crippen molar-refractivity contribution in [2.75, 3.05) is 33.4 Å². The Hall–Kier alpha value is -1.66. The van der Waals surface area contributed by atoms with Crippen LogP contribution in [0.2, 0.25) is 5.02 Å². The van der Waals surface area contributed by atoms with Crippen molar-refractivity contribution in [3.63, 3.8) is 0 Å². The number of methoxy groups -OCH3 is 1. The van der Waals surface area contributed by atoms with Gasteiger partial charge >= 0.3 is 5.97 Å². The van der Waals surface area contributed by atoms with E-state index in [1.165, 1.54) is 30.2 Å². The van der Waals surface area contributed by atoms with E-state index < -0.39 is 17.7 Å². The number of esters is 1. The maximum absolute atomic E-state index is 13.9. The number of halogens is 2. The van der Waals surface area contributed by atoms with Gasteiger partial charge < -0.3 is 14.4 Å². The lowest BCUT2D eigenvalue weighted by molar-refractivity contribution is -0.140. The lowest BCUT2D eigenvalue weighted by Crippen LogP contribution is -2.35. The first-order valence-corrected chi connectivity index (χ1v) is 7.76. The van der Waals surface area contributed by atoms with Crippen LogP contribution in [0.3, 0.4) is 0 Å². The summed E-state index contributed by atoms with van der Waals surface area (Å²) in [4.78, 5) is 25.2. The van der Waals surface area contributed by atoms with Crippen molar-refractivity contribution in [3.8, 4) is 0 Å². The number of ether oxygens (including phenoxy) is 2. The molecule has 0 heterocycles. The molecule has 1 aromatic carbocycles. The number of hydrogen-bond donors (Lipinski definition) is 0. The zero-order valence-electron chi connectivity index (χ0n) is 13.3. The molecule has 128 valence electrons. The summed E-state index contributed by atoms with van der Waals surface area (Å²) in [6.45, 7) is 3.39. The van der Waals surface area contributed by atoms with Crippen LogP contribution in [0.15, 0.2) is 18.2 Å². The monoisotopic (exact) mass is 345 g/mol. The van der Waals surface area contributed by atoms with E-state index in [0.29, 0.717) is 26.2 Å². The van der Waals surface area contributed by atoms with Gasteiger partial charge in [0.2, 0.25) is 0 Å². The van der Waals surface area contributed by atoms with Crippen LogP contribution in [0.25, 0.3) is 0 Å². The average Bonchev–Trinajstić information content (AvgIpc) is 2.53. The summed E-state index contributed by atoms with van der Waals surface area (Å²) >= 11 is 5.94. The van der Waals surface area contributed by atoms with Crippen molar-refractivity contribution in [3.05, 3.63) is 34.6 Å². The third-order valence-corrected chi connectivity index (χ3v) is 3.51. The largest absolute Gasteiger partial charge is 0.469 e. The molecule has 0 bridgehead atoms. The molecule has 0 N–H and O–H groups in total. The molecule has 0 atom stereocenters. The SMILES string of the molecule is CCOCCCN(CCC(=O)OC)C(=O)c1c(F)cccc1Cl. The van der Waals surface area contributed by atoms with Gasteiger partial charge in [-0.1, -0.05) is 17.7 Å². The van der Waals surface area contributed by atoms with Crippen molar-refractivity contribution >= 4 is 23.5 Å². The molecule has 0 fully saturated rings. The van der Waals surface area contributed by atoms with Crippen LogP contribution in [0.5, 0.6) is 0 Å². The van der Waals surface area contributed by atoms with Gasteiger partial charge in [-0.05, 0) is 25.5 Å². The van der Waals surface area contributed by atoms with Gasteiger partial charge in [0.1, 0.15) is 5.82 Å². The Morgan fingerprint density at radius 3 is 2.65 bits per heavy atom. The van der Waals surface area contributed by atoms with Crippen molar-refractivity contribution in [2.45, 2.75) is 19.8 Å². The highest BCUT2D eigenvalue weighted by Crippen LogP contribution is 2.21. The van der Waals surface area contributed by atoms with Crippen molar-refractivity contribution in [2.24, 2.45) is 0 Å². The van der Waals surface area contributed by atoms with Gasteiger partial charge in [0.05, 0.1) is 24.1 Å². The van der Waals surface area contributed by atoms with Gasteiger partial charge in [-0.25, -0.2) is 4.39 Å². The van der Waals surface area contributed by atoms with Crippen LogP contribution in [0.1, 0.15) is 30.1 Å². The maximum atomic E-state index is 13.9. The molecule has 0 spiro atoms. The lowest BCUT2D eigenvalue weighted by atomic mass is 10.1. The Bertz CT molecular complexity index is 519. The summed E-state index contributed by atoms with van der Waals surface area (Å²) in [5.74, 6) is -1.67. The number of benzene rings is 1. The van der Waals surface area contributed by atoms with Gasteiger partial charge in [-0.3, -0.25) is 9.59 Å². The van der Waals surface area contributed by atoms with Gasteiger partial charge in [-0.2, -0.15) is 0 Å². The van der Waals surface area contributed by atoms with E-state index >= 15 is 0 Å². The number of carbonyl (C=O) groups is 2. The number of rotatable bonds is 9. The third kappa shape index (κ3) is 6.15. The minimum Gasteiger partial charge on any atom is -0.469 e. The second kappa shape index (κ2) is 10.2. The number of nitrogens with zero attached hydrogens (tertiary/aromatic N) is 1. The molecule has 23 heavy (non-hydrogen) atoms. The van der Waals surface area contributed by atoms with Crippen LogP contribution < -0.4 is 0 Å². The quantitative estimate of drug-likeness (QED) is 0.510. The molecule has 0 unspecified atom stereocenters. The fourth-order valence-corrected chi connectivity index (χ4v) is 2.25. The highest BCUT2D eigenvalue weighted by Gasteiger charge is 2.22. The molecular weight excluding hydrogens is 325 g/mol. The minimum absolute atomic E-state index is 0.0307. The number of hydrogen-bond acceptors (Lipinski definition) is 4. The van der Waals surface area contributed by atoms with E-state index in [1.54, 1.807) is 0 Å². The molecule has 0 aromatic heterocycles. The molecule has 5 nitrogen and oxygen atoms in total. The Morgan fingerprint density at radius 2 is 2.04 bits per heavy atom. The van der Waals surface area contributed by atoms with Crippen LogP contribution >= 0.6 is 11.6 Å². The Balaban J connectivity index is 2.83. The van der Waals surface area contributed by atoms with Crippen LogP contribution in [0.4, 0.5) is 4.39 Å². The van der Waals surface area contributed by atoms with E-state index in [-0.39, 0.29) is 23.6 Å². The Kier molecular flexibility index (Phi) is 8.58. The van der Waals surface area contributed by atoms with Gasteiger partial charge in [-0.15, -0.1) is 0 Å². The summed E-state index contributed by atoms with van der Waals surface area (Å²) in [7, 11) is 1.28. The molecular formula is C16H21ClFNO4. The van der Waals surface area contributed by atoms with Crippen molar-refractivity contribution in [1.82, 2.24) is 4.90 Å². The standard InChI is InChI=1S/C16H21ClFNO4/c1-3-23-11-5-9-19(10-8-14(20)22-2)16(21)15-12(17)6-4-7-13(15)18/h4,6-7H,3,5,8-11H2,1-2H3. The topological polar surface area (TPSA) is 55.8 Å². The van der Waals surface area contributed by atoms with Crippen LogP contribution in [0, 0.1) is 5.82 Å². The summed E-state index contributed by atoms with van der Waals surface area (Å²) in [5, 5.41) is 0.0443. The predicted molar refractivity (Wildman–Crippen MR) is 85.1 cm³/mol. The highest BCUT2D eigenvalue weighted by atomic mass is 35.5. The first-order chi connectivity index (χ1) is 11.0. The zero-order valence-corrected chi connectivity index (χ0v) is 14.1. The summed E-state index contributed by atoms with van der Waals surface area (Å²) in [6, 6.07) is 4.07. The lowest BCUT2D eigenvalue weighted by Gasteiger charge is -2.23. The molecule has 0 saturated carbocycles. The van der Waals surface area contributed by atoms with E-state index in [2.05, 4.69) is 4.74 Å². The molecule has 0 saturated heterocycles. The molecule has 1 aromatic rings. The highest BCUT2D eigenvalue weighted by molar-refractivity contribution is 6.33. The Morgan fingerprint density at radius 1 is 1.30 bits per heavy atom.